The van der Waals surface area contributed by atoms with Gasteiger partial charge in [0.2, 0.25) is 5.91 Å². The molecule has 1 amide bonds. The van der Waals surface area contributed by atoms with Gasteiger partial charge < -0.3 is 4.90 Å². The van der Waals surface area contributed by atoms with E-state index in [4.69, 9.17) is 5.26 Å². The lowest BCUT2D eigenvalue weighted by molar-refractivity contribution is -0.117. The molecule has 1 aliphatic rings. The third-order valence-corrected chi connectivity index (χ3v) is 5.57. The van der Waals surface area contributed by atoms with Crippen molar-refractivity contribution in [3.63, 3.8) is 0 Å². The first-order valence-electron chi connectivity index (χ1n) is 8.39. The number of nitriles is 1. The molecule has 4 heteroatoms. The summed E-state index contributed by atoms with van der Waals surface area (Å²) in [5, 5.41) is 10.8. The Morgan fingerprint density at radius 2 is 1.76 bits per heavy atom. The second-order valence-corrected chi connectivity index (χ2v) is 8.07. The molecule has 0 spiro atoms. The topological polar surface area (TPSA) is 44.1 Å². The van der Waals surface area contributed by atoms with Crippen LogP contribution in [0.3, 0.4) is 0 Å². The molecule has 2 aromatic carbocycles. The van der Waals surface area contributed by atoms with Crippen molar-refractivity contribution in [3.8, 4) is 5.40 Å². The van der Waals surface area contributed by atoms with Crippen molar-refractivity contribution >= 4 is 23.4 Å². The van der Waals surface area contributed by atoms with Gasteiger partial charge in [0.1, 0.15) is 5.40 Å². The van der Waals surface area contributed by atoms with Crippen molar-refractivity contribution in [1.82, 2.24) is 0 Å². The monoisotopic (exact) mass is 350 g/mol. The molecule has 1 atom stereocenters. The van der Waals surface area contributed by atoms with Gasteiger partial charge in [-0.25, -0.2) is 0 Å². The summed E-state index contributed by atoms with van der Waals surface area (Å²) < 4.78 is 0. The van der Waals surface area contributed by atoms with E-state index in [-0.39, 0.29) is 22.6 Å². The van der Waals surface area contributed by atoms with E-state index in [9.17, 15) is 4.79 Å². The maximum atomic E-state index is 12.8. The molecule has 0 saturated carbocycles. The van der Waals surface area contributed by atoms with Gasteiger partial charge in [-0.15, -0.1) is 0 Å². The standard InChI is InChI=1S/C21H22N2OS/c1-20(2)14-21(3,16-9-5-4-6-10-16)17-11-7-8-12-18(17)23(20)19(24)13-25-15-22/h4-12H,13-14H2,1-3H3/t21-/m1/s1. The smallest absolute Gasteiger partial charge is 0.238 e. The number of thiocyanates is 1. The lowest BCUT2D eigenvalue weighted by Gasteiger charge is -2.51. The molecule has 3 nitrogen and oxygen atoms in total. The lowest BCUT2D eigenvalue weighted by atomic mass is 9.65. The SMILES string of the molecule is CC1(C)C[C@](C)(c2ccccc2)c2ccccc2N1C(=O)CSC#N. The number of hydrogen-bond acceptors (Lipinski definition) is 3. The normalized spacial score (nSPS) is 21.3. The molecule has 0 N–H and O–H groups in total. The van der Waals surface area contributed by atoms with Crippen molar-refractivity contribution in [2.75, 3.05) is 10.7 Å². The third-order valence-electron chi connectivity index (χ3n) is 5.05. The van der Waals surface area contributed by atoms with Crippen molar-refractivity contribution in [2.45, 2.75) is 38.1 Å². The molecular formula is C21H22N2OS. The van der Waals surface area contributed by atoms with Gasteiger partial charge in [0.25, 0.3) is 0 Å². The van der Waals surface area contributed by atoms with Crippen LogP contribution in [0.5, 0.6) is 0 Å². The van der Waals surface area contributed by atoms with Gasteiger partial charge in [0.05, 0.1) is 5.75 Å². The van der Waals surface area contributed by atoms with Crippen LogP contribution in [0.2, 0.25) is 0 Å². The van der Waals surface area contributed by atoms with E-state index in [1.807, 2.05) is 34.6 Å². The Morgan fingerprint density at radius 3 is 2.44 bits per heavy atom. The molecule has 0 radical (unpaired) electrons. The average molecular weight is 350 g/mol. The number of carbonyl (C=O) groups excluding carboxylic acids is 1. The first-order valence-corrected chi connectivity index (χ1v) is 9.38. The van der Waals surface area contributed by atoms with Gasteiger partial charge in [0, 0.05) is 16.6 Å². The van der Waals surface area contributed by atoms with Crippen LogP contribution >= 0.6 is 11.8 Å². The third kappa shape index (κ3) is 3.05. The van der Waals surface area contributed by atoms with E-state index < -0.39 is 0 Å². The van der Waals surface area contributed by atoms with E-state index in [0.29, 0.717) is 0 Å². The fourth-order valence-electron chi connectivity index (χ4n) is 4.19. The van der Waals surface area contributed by atoms with E-state index in [0.717, 1.165) is 29.4 Å². The predicted octanol–water partition coefficient (Wildman–Crippen LogP) is 4.72. The maximum absolute atomic E-state index is 12.8. The van der Waals surface area contributed by atoms with Crippen molar-refractivity contribution in [2.24, 2.45) is 0 Å². The van der Waals surface area contributed by atoms with E-state index >= 15 is 0 Å². The first kappa shape index (κ1) is 17.6. The highest BCUT2D eigenvalue weighted by molar-refractivity contribution is 8.04. The largest absolute Gasteiger partial charge is 0.306 e. The van der Waals surface area contributed by atoms with Crippen molar-refractivity contribution in [3.05, 3.63) is 65.7 Å². The Bertz CT molecular complexity index is 825. The molecule has 0 unspecified atom stereocenters. The Labute approximate surface area is 153 Å². The highest BCUT2D eigenvalue weighted by atomic mass is 32.2. The van der Waals surface area contributed by atoms with E-state index in [2.05, 4.69) is 51.1 Å². The predicted molar refractivity (Wildman–Crippen MR) is 104 cm³/mol. The molecule has 0 bridgehead atoms. The molecule has 1 aliphatic heterocycles. The molecule has 3 rings (SSSR count). The van der Waals surface area contributed by atoms with Crippen LogP contribution in [0.25, 0.3) is 0 Å². The molecule has 128 valence electrons. The zero-order chi connectivity index (χ0) is 18.1. The first-order chi connectivity index (χ1) is 11.9. The van der Waals surface area contributed by atoms with Gasteiger partial charge in [0.15, 0.2) is 0 Å². The minimum Gasteiger partial charge on any atom is -0.306 e. The fourth-order valence-corrected chi connectivity index (χ4v) is 4.51. The molecular weight excluding hydrogens is 328 g/mol. The summed E-state index contributed by atoms with van der Waals surface area (Å²) in [5.41, 5.74) is 2.87. The second kappa shape index (κ2) is 6.57. The maximum Gasteiger partial charge on any atom is 0.238 e. The highest BCUT2D eigenvalue weighted by Gasteiger charge is 2.47. The summed E-state index contributed by atoms with van der Waals surface area (Å²) in [5.74, 6) is 0.162. The number of thioether (sulfide) groups is 1. The number of carbonyl (C=O) groups is 1. The van der Waals surface area contributed by atoms with Gasteiger partial charge in [-0.2, -0.15) is 5.26 Å². The summed E-state index contributed by atoms with van der Waals surface area (Å²) in [6, 6.07) is 18.6. The molecule has 0 saturated heterocycles. The van der Waals surface area contributed by atoms with Crippen LogP contribution in [0.4, 0.5) is 5.69 Å². The average Bonchev–Trinajstić information content (AvgIpc) is 2.60. The molecule has 0 aliphatic carbocycles. The lowest BCUT2D eigenvalue weighted by Crippen LogP contribution is -2.56. The molecule has 0 aromatic heterocycles. The number of fused-ring (bicyclic) bond motifs is 1. The fraction of sp³-hybridized carbons (Fsp3) is 0.333. The number of nitrogens with zero attached hydrogens (tertiary/aromatic N) is 2. The summed E-state index contributed by atoms with van der Waals surface area (Å²) in [7, 11) is 0. The number of hydrogen-bond donors (Lipinski definition) is 0. The van der Waals surface area contributed by atoms with Crippen LogP contribution in [0, 0.1) is 10.7 Å². The molecule has 1 heterocycles. The summed E-state index contributed by atoms with van der Waals surface area (Å²) >= 11 is 0.996. The number of amides is 1. The number of benzene rings is 2. The highest BCUT2D eigenvalue weighted by Crippen LogP contribution is 2.50. The zero-order valence-corrected chi connectivity index (χ0v) is 15.6. The Morgan fingerprint density at radius 1 is 1.12 bits per heavy atom. The van der Waals surface area contributed by atoms with Crippen molar-refractivity contribution < 1.29 is 4.79 Å². The van der Waals surface area contributed by atoms with Crippen LogP contribution in [0.1, 0.15) is 38.3 Å². The van der Waals surface area contributed by atoms with Gasteiger partial charge >= 0.3 is 0 Å². The molecule has 25 heavy (non-hydrogen) atoms. The van der Waals surface area contributed by atoms with Gasteiger partial charge in [-0.1, -0.05) is 55.5 Å². The van der Waals surface area contributed by atoms with Crippen LogP contribution in [-0.4, -0.2) is 17.2 Å². The number of rotatable bonds is 3. The number of para-hydroxylation sites is 1. The summed E-state index contributed by atoms with van der Waals surface area (Å²) in [6.07, 6.45) is 0.823. The Kier molecular flexibility index (Phi) is 4.62. The minimum atomic E-state index is -0.341. The van der Waals surface area contributed by atoms with Gasteiger partial charge in [-0.05, 0) is 49.2 Å². The zero-order valence-electron chi connectivity index (χ0n) is 14.8. The van der Waals surface area contributed by atoms with E-state index in [1.54, 1.807) is 0 Å². The summed E-state index contributed by atoms with van der Waals surface area (Å²) in [6.45, 7) is 6.48. The quantitative estimate of drug-likeness (QED) is 0.752. The van der Waals surface area contributed by atoms with Crippen LogP contribution in [0.15, 0.2) is 54.6 Å². The van der Waals surface area contributed by atoms with Gasteiger partial charge in [-0.3, -0.25) is 4.79 Å². The van der Waals surface area contributed by atoms with Crippen LogP contribution in [-0.2, 0) is 10.2 Å². The number of anilines is 1. The Hall–Kier alpha value is -2.25. The minimum absolute atomic E-state index is 0.0147. The van der Waals surface area contributed by atoms with Crippen LogP contribution < -0.4 is 4.90 Å². The van der Waals surface area contributed by atoms with Crippen molar-refractivity contribution in [1.29, 1.82) is 5.26 Å². The molecule has 2 aromatic rings. The summed E-state index contributed by atoms with van der Waals surface area (Å²) in [4.78, 5) is 14.7. The van der Waals surface area contributed by atoms with E-state index in [1.165, 1.54) is 5.56 Å². The molecule has 0 fully saturated rings. The Balaban J connectivity index is 2.15. The second-order valence-electron chi connectivity index (χ2n) is 7.31.